The maximum Gasteiger partial charge on any atom is 0.350 e. The number of hydrogen-bond donors (Lipinski definition) is 1. The predicted molar refractivity (Wildman–Crippen MR) is 79.2 cm³/mol. The first-order valence-electron chi connectivity index (χ1n) is 6.73. The Hall–Kier alpha value is -1.56. The van der Waals surface area contributed by atoms with Crippen molar-refractivity contribution in [3.63, 3.8) is 0 Å². The van der Waals surface area contributed by atoms with E-state index in [4.69, 9.17) is 4.74 Å². The van der Waals surface area contributed by atoms with Gasteiger partial charge in [-0.25, -0.2) is 9.59 Å². The van der Waals surface area contributed by atoms with E-state index in [1.54, 1.807) is 11.4 Å². The molecule has 6 heteroatoms. The lowest BCUT2D eigenvalue weighted by Gasteiger charge is -2.34. The van der Waals surface area contributed by atoms with E-state index < -0.39 is 5.97 Å². The average Bonchev–Trinajstić information content (AvgIpc) is 2.84. The van der Waals surface area contributed by atoms with Gasteiger partial charge in [0, 0.05) is 13.1 Å². The van der Waals surface area contributed by atoms with Gasteiger partial charge < -0.3 is 15.0 Å². The second kappa shape index (κ2) is 6.26. The Morgan fingerprint density at radius 2 is 2.00 bits per heavy atom. The smallest absolute Gasteiger partial charge is 0.350 e. The van der Waals surface area contributed by atoms with Crippen LogP contribution in [0.5, 0.6) is 0 Å². The summed E-state index contributed by atoms with van der Waals surface area (Å²) < 4.78 is 4.70. The Kier molecular flexibility index (Phi) is 4.65. The molecule has 1 aliphatic heterocycles. The molecule has 0 aromatic carbocycles. The number of hydrogen-bond acceptors (Lipinski definition) is 4. The van der Waals surface area contributed by atoms with Crippen LogP contribution >= 0.6 is 11.3 Å². The Bertz CT molecular complexity index is 490. The zero-order valence-corrected chi connectivity index (χ0v) is 12.8. The second-order valence-electron chi connectivity index (χ2n) is 5.44. The summed E-state index contributed by atoms with van der Waals surface area (Å²) >= 11 is 1.26. The molecule has 2 atom stereocenters. The van der Waals surface area contributed by atoms with E-state index in [0.717, 1.165) is 19.5 Å². The first-order chi connectivity index (χ1) is 9.51. The van der Waals surface area contributed by atoms with Crippen molar-refractivity contribution >= 4 is 29.0 Å². The van der Waals surface area contributed by atoms with Crippen molar-refractivity contribution in [3.05, 3.63) is 16.3 Å². The highest BCUT2D eigenvalue weighted by molar-refractivity contribution is 7.12. The number of ether oxygens (including phenoxy) is 1. The van der Waals surface area contributed by atoms with E-state index in [2.05, 4.69) is 19.2 Å². The molecule has 1 saturated heterocycles. The number of anilines is 1. The number of thiophene rings is 1. The highest BCUT2D eigenvalue weighted by Crippen LogP contribution is 2.25. The van der Waals surface area contributed by atoms with Gasteiger partial charge in [0.2, 0.25) is 0 Å². The van der Waals surface area contributed by atoms with Crippen molar-refractivity contribution in [2.75, 3.05) is 25.5 Å². The molecule has 0 radical (unpaired) electrons. The van der Waals surface area contributed by atoms with Gasteiger partial charge in [0.15, 0.2) is 0 Å². The largest absolute Gasteiger partial charge is 0.465 e. The lowest BCUT2D eigenvalue weighted by Crippen LogP contribution is -2.44. The van der Waals surface area contributed by atoms with Gasteiger partial charge in [-0.15, -0.1) is 11.3 Å². The monoisotopic (exact) mass is 296 g/mol. The number of carbonyl (C=O) groups is 2. The average molecular weight is 296 g/mol. The van der Waals surface area contributed by atoms with Crippen molar-refractivity contribution in [3.8, 4) is 0 Å². The number of likely N-dealkylation sites (tertiary alicyclic amines) is 1. The van der Waals surface area contributed by atoms with Crippen LogP contribution < -0.4 is 5.32 Å². The third-order valence-electron chi connectivity index (χ3n) is 3.43. The highest BCUT2D eigenvalue weighted by atomic mass is 32.1. The van der Waals surface area contributed by atoms with Crippen molar-refractivity contribution in [2.24, 2.45) is 11.8 Å². The number of amides is 2. The summed E-state index contributed by atoms with van der Waals surface area (Å²) in [7, 11) is 1.33. The molecule has 1 N–H and O–H groups in total. The van der Waals surface area contributed by atoms with Gasteiger partial charge in [-0.2, -0.15) is 0 Å². The number of carbonyl (C=O) groups excluding carboxylic acids is 2. The first kappa shape index (κ1) is 14.8. The molecule has 1 fully saturated rings. The Morgan fingerprint density at radius 3 is 2.60 bits per heavy atom. The zero-order valence-electron chi connectivity index (χ0n) is 12.0. The van der Waals surface area contributed by atoms with Crippen LogP contribution in [0.3, 0.4) is 0 Å². The summed E-state index contributed by atoms with van der Waals surface area (Å²) in [6.07, 6.45) is 1.15. The van der Waals surface area contributed by atoms with E-state index in [-0.39, 0.29) is 6.03 Å². The topological polar surface area (TPSA) is 58.6 Å². The summed E-state index contributed by atoms with van der Waals surface area (Å²) in [5.41, 5.74) is 0.526. The fourth-order valence-corrected chi connectivity index (χ4v) is 3.45. The molecule has 0 aliphatic carbocycles. The van der Waals surface area contributed by atoms with Gasteiger partial charge in [-0.05, 0) is 29.7 Å². The van der Waals surface area contributed by atoms with Gasteiger partial charge in [0.25, 0.3) is 0 Å². The molecule has 2 unspecified atom stereocenters. The number of urea groups is 1. The second-order valence-corrected chi connectivity index (χ2v) is 6.35. The van der Waals surface area contributed by atoms with Gasteiger partial charge in [0.1, 0.15) is 4.88 Å². The van der Waals surface area contributed by atoms with Crippen molar-refractivity contribution in [2.45, 2.75) is 20.3 Å². The lowest BCUT2D eigenvalue weighted by molar-refractivity contribution is 0.0607. The number of nitrogens with zero attached hydrogens (tertiary/aromatic N) is 1. The maximum absolute atomic E-state index is 12.3. The van der Waals surface area contributed by atoms with E-state index in [1.807, 2.05) is 4.90 Å². The molecule has 2 heterocycles. The normalized spacial score (nSPS) is 22.4. The minimum absolute atomic E-state index is 0.146. The third-order valence-corrected chi connectivity index (χ3v) is 4.33. The Balaban J connectivity index is 2.04. The molecule has 110 valence electrons. The van der Waals surface area contributed by atoms with Crippen LogP contribution in [0.4, 0.5) is 10.5 Å². The van der Waals surface area contributed by atoms with Crippen molar-refractivity contribution in [1.29, 1.82) is 0 Å². The van der Waals surface area contributed by atoms with Crippen LogP contribution in [0.1, 0.15) is 29.9 Å². The van der Waals surface area contributed by atoms with E-state index in [1.165, 1.54) is 18.4 Å². The number of methoxy groups -OCH3 is 1. The SMILES string of the molecule is COC(=O)c1sccc1NC(=O)N1CC(C)CC(C)C1. The molecular weight excluding hydrogens is 276 g/mol. The molecule has 1 aliphatic rings. The molecule has 20 heavy (non-hydrogen) atoms. The Labute approximate surface area is 122 Å². The zero-order chi connectivity index (χ0) is 14.7. The van der Waals surface area contributed by atoms with Crippen LogP contribution in [0.2, 0.25) is 0 Å². The fraction of sp³-hybridized carbons (Fsp3) is 0.571. The fourth-order valence-electron chi connectivity index (χ4n) is 2.68. The van der Waals surface area contributed by atoms with Gasteiger partial charge in [-0.3, -0.25) is 0 Å². The molecule has 5 nitrogen and oxygen atoms in total. The van der Waals surface area contributed by atoms with Crippen molar-refractivity contribution in [1.82, 2.24) is 4.90 Å². The van der Waals surface area contributed by atoms with Crippen LogP contribution in [-0.4, -0.2) is 37.1 Å². The number of piperidine rings is 1. The third kappa shape index (κ3) is 3.30. The van der Waals surface area contributed by atoms with Crippen LogP contribution in [0.15, 0.2) is 11.4 Å². The standard InChI is InChI=1S/C14H20N2O3S/c1-9-6-10(2)8-16(7-9)14(18)15-11-4-5-20-12(11)13(17)19-3/h4-5,9-10H,6-8H2,1-3H3,(H,15,18). The summed E-state index contributed by atoms with van der Waals surface area (Å²) in [6, 6.07) is 1.58. The molecule has 1 aromatic heterocycles. The number of esters is 1. The van der Waals surface area contributed by atoms with Gasteiger partial charge in [0.05, 0.1) is 12.8 Å². The lowest BCUT2D eigenvalue weighted by atomic mass is 9.92. The quantitative estimate of drug-likeness (QED) is 0.853. The van der Waals surface area contributed by atoms with Gasteiger partial charge >= 0.3 is 12.0 Å². The van der Waals surface area contributed by atoms with Gasteiger partial charge in [-0.1, -0.05) is 13.8 Å². The van der Waals surface area contributed by atoms with E-state index >= 15 is 0 Å². The molecule has 0 spiro atoms. The summed E-state index contributed by atoms with van der Waals surface area (Å²) in [6.45, 7) is 5.82. The van der Waals surface area contributed by atoms with Crippen LogP contribution in [-0.2, 0) is 4.74 Å². The minimum atomic E-state index is -0.421. The highest BCUT2D eigenvalue weighted by Gasteiger charge is 2.26. The molecule has 2 amide bonds. The van der Waals surface area contributed by atoms with Crippen LogP contribution in [0, 0.1) is 11.8 Å². The summed E-state index contributed by atoms with van der Waals surface area (Å²) in [5, 5.41) is 4.58. The molecule has 1 aromatic rings. The van der Waals surface area contributed by atoms with E-state index in [0.29, 0.717) is 22.4 Å². The molecular formula is C14H20N2O3S. The maximum atomic E-state index is 12.3. The number of nitrogens with one attached hydrogen (secondary N) is 1. The van der Waals surface area contributed by atoms with Crippen LogP contribution in [0.25, 0.3) is 0 Å². The van der Waals surface area contributed by atoms with E-state index in [9.17, 15) is 9.59 Å². The minimum Gasteiger partial charge on any atom is -0.465 e. The summed E-state index contributed by atoms with van der Waals surface area (Å²) in [5.74, 6) is 0.592. The molecule has 0 bridgehead atoms. The first-order valence-corrected chi connectivity index (χ1v) is 7.61. The molecule has 2 rings (SSSR count). The Morgan fingerprint density at radius 1 is 1.35 bits per heavy atom. The van der Waals surface area contributed by atoms with Crippen molar-refractivity contribution < 1.29 is 14.3 Å². The molecule has 0 saturated carbocycles. The predicted octanol–water partition coefficient (Wildman–Crippen LogP) is 3.04. The summed E-state index contributed by atoms with van der Waals surface area (Å²) in [4.78, 5) is 26.1. The number of rotatable bonds is 2.